The Labute approximate surface area is 142 Å². The summed E-state index contributed by atoms with van der Waals surface area (Å²) in [6.45, 7) is 7.85. The number of aromatic amines is 1. The second-order valence-corrected chi connectivity index (χ2v) is 6.45. The lowest BCUT2D eigenvalue weighted by molar-refractivity contribution is 0.0947. The van der Waals surface area contributed by atoms with Crippen molar-refractivity contribution in [2.45, 2.75) is 33.2 Å². The molecule has 0 aromatic carbocycles. The van der Waals surface area contributed by atoms with Crippen LogP contribution in [-0.2, 0) is 13.0 Å². The molecule has 3 heterocycles. The average molecular weight is 327 g/mol. The van der Waals surface area contributed by atoms with E-state index in [1.165, 1.54) is 5.69 Å². The van der Waals surface area contributed by atoms with E-state index in [-0.39, 0.29) is 5.91 Å². The molecule has 0 saturated carbocycles. The largest absolute Gasteiger partial charge is 0.352 e. The van der Waals surface area contributed by atoms with Crippen molar-refractivity contribution in [3.63, 3.8) is 0 Å². The first kappa shape index (κ1) is 16.6. The number of carbonyl (C=O) groups excluding carboxylic acids is 1. The van der Waals surface area contributed by atoms with Crippen molar-refractivity contribution in [1.82, 2.24) is 25.2 Å². The lowest BCUT2D eigenvalue weighted by Crippen LogP contribution is -2.31. The van der Waals surface area contributed by atoms with E-state index in [1.807, 2.05) is 0 Å². The maximum Gasteiger partial charge on any atom is 0.252 e. The molecule has 128 valence electrons. The normalized spacial score (nSPS) is 18.0. The summed E-state index contributed by atoms with van der Waals surface area (Å²) >= 11 is 0. The molecule has 0 bridgehead atoms. The molecule has 2 aromatic rings. The number of H-pyrrole nitrogens is 1. The van der Waals surface area contributed by atoms with E-state index in [0.717, 1.165) is 44.0 Å². The Morgan fingerprint density at radius 2 is 2.38 bits per heavy atom. The molecule has 1 saturated heterocycles. The zero-order valence-electron chi connectivity index (χ0n) is 14.4. The standard InChI is InChI=1S/C18H25N5O/c1-3-17-21-13(2)16(22-17)12-23-8-6-14(11-23)9-20-18(24)15-5-4-7-19-10-15/h4-5,7,10,14H,3,6,8-9,11-12H2,1-2H3,(H,20,24)(H,21,22)/t14-/m0/s1. The molecule has 0 unspecified atom stereocenters. The number of aromatic nitrogens is 3. The Balaban J connectivity index is 1.47. The van der Waals surface area contributed by atoms with Crippen LogP contribution in [0.25, 0.3) is 0 Å². The summed E-state index contributed by atoms with van der Waals surface area (Å²) in [7, 11) is 0. The van der Waals surface area contributed by atoms with Crippen LogP contribution < -0.4 is 5.32 Å². The third-order valence-corrected chi connectivity index (χ3v) is 4.59. The molecule has 3 rings (SSSR count). The highest BCUT2D eigenvalue weighted by Gasteiger charge is 2.24. The summed E-state index contributed by atoms with van der Waals surface area (Å²) in [4.78, 5) is 26.5. The lowest BCUT2D eigenvalue weighted by Gasteiger charge is -2.15. The molecule has 0 radical (unpaired) electrons. The van der Waals surface area contributed by atoms with Gasteiger partial charge in [-0.25, -0.2) is 4.98 Å². The van der Waals surface area contributed by atoms with E-state index in [4.69, 9.17) is 0 Å². The van der Waals surface area contributed by atoms with Crippen LogP contribution in [0, 0.1) is 12.8 Å². The van der Waals surface area contributed by atoms with Crippen molar-refractivity contribution in [1.29, 1.82) is 0 Å². The minimum atomic E-state index is -0.0442. The number of nitrogens with zero attached hydrogens (tertiary/aromatic N) is 3. The van der Waals surface area contributed by atoms with Gasteiger partial charge < -0.3 is 10.3 Å². The summed E-state index contributed by atoms with van der Waals surface area (Å²) in [6, 6.07) is 3.57. The molecule has 1 aliphatic heterocycles. The molecule has 0 aliphatic carbocycles. The van der Waals surface area contributed by atoms with Gasteiger partial charge in [0.15, 0.2) is 0 Å². The van der Waals surface area contributed by atoms with Crippen molar-refractivity contribution in [3.8, 4) is 0 Å². The van der Waals surface area contributed by atoms with Crippen molar-refractivity contribution in [3.05, 3.63) is 47.3 Å². The van der Waals surface area contributed by atoms with E-state index >= 15 is 0 Å². The number of nitrogens with one attached hydrogen (secondary N) is 2. The highest BCUT2D eigenvalue weighted by atomic mass is 16.1. The van der Waals surface area contributed by atoms with Gasteiger partial charge in [0, 0.05) is 44.1 Å². The topological polar surface area (TPSA) is 73.9 Å². The molecule has 1 amide bonds. The van der Waals surface area contributed by atoms with Gasteiger partial charge in [0.05, 0.1) is 11.3 Å². The van der Waals surface area contributed by atoms with E-state index < -0.39 is 0 Å². The lowest BCUT2D eigenvalue weighted by atomic mass is 10.1. The molecule has 2 N–H and O–H groups in total. The predicted molar refractivity (Wildman–Crippen MR) is 92.7 cm³/mol. The molecule has 6 nitrogen and oxygen atoms in total. The van der Waals surface area contributed by atoms with E-state index in [0.29, 0.717) is 18.0 Å². The van der Waals surface area contributed by atoms with Crippen LogP contribution >= 0.6 is 0 Å². The molecular weight excluding hydrogens is 302 g/mol. The maximum absolute atomic E-state index is 12.1. The SMILES string of the molecule is CCc1nc(CN2CC[C@@H](CNC(=O)c3cccnc3)C2)c(C)[nH]1. The maximum atomic E-state index is 12.1. The van der Waals surface area contributed by atoms with Gasteiger partial charge in [0.2, 0.25) is 0 Å². The molecule has 1 fully saturated rings. The third-order valence-electron chi connectivity index (χ3n) is 4.59. The first-order valence-corrected chi connectivity index (χ1v) is 8.60. The number of aryl methyl sites for hydroxylation is 2. The second-order valence-electron chi connectivity index (χ2n) is 6.45. The number of rotatable bonds is 6. The number of hydrogen-bond donors (Lipinski definition) is 2. The van der Waals surface area contributed by atoms with Crippen LogP contribution in [0.4, 0.5) is 0 Å². The van der Waals surface area contributed by atoms with E-state index in [9.17, 15) is 4.79 Å². The molecule has 24 heavy (non-hydrogen) atoms. The highest BCUT2D eigenvalue weighted by Crippen LogP contribution is 2.19. The van der Waals surface area contributed by atoms with Gasteiger partial charge in [0.1, 0.15) is 5.82 Å². The van der Waals surface area contributed by atoms with Crippen molar-refractivity contribution in [2.24, 2.45) is 5.92 Å². The van der Waals surface area contributed by atoms with Crippen molar-refractivity contribution >= 4 is 5.91 Å². The number of amides is 1. The van der Waals surface area contributed by atoms with Crippen LogP contribution in [0.3, 0.4) is 0 Å². The van der Waals surface area contributed by atoms with Crippen LogP contribution in [-0.4, -0.2) is 45.4 Å². The molecule has 2 aromatic heterocycles. The Kier molecular flexibility index (Phi) is 5.25. The summed E-state index contributed by atoms with van der Waals surface area (Å²) in [6.07, 6.45) is 5.32. The van der Waals surface area contributed by atoms with Gasteiger partial charge in [-0.2, -0.15) is 0 Å². The Hall–Kier alpha value is -2.21. The molecular formula is C18H25N5O. The zero-order chi connectivity index (χ0) is 16.9. The van der Waals surface area contributed by atoms with Crippen LogP contribution in [0.5, 0.6) is 0 Å². The number of hydrogen-bond acceptors (Lipinski definition) is 4. The van der Waals surface area contributed by atoms with Gasteiger partial charge in [0.25, 0.3) is 5.91 Å². The average Bonchev–Trinajstić information content (AvgIpc) is 3.20. The molecule has 1 atom stereocenters. The number of likely N-dealkylation sites (tertiary alicyclic amines) is 1. The van der Waals surface area contributed by atoms with Crippen molar-refractivity contribution in [2.75, 3.05) is 19.6 Å². The van der Waals surface area contributed by atoms with Crippen LogP contribution in [0.15, 0.2) is 24.5 Å². The summed E-state index contributed by atoms with van der Waals surface area (Å²) in [5, 5.41) is 3.02. The van der Waals surface area contributed by atoms with Gasteiger partial charge >= 0.3 is 0 Å². The van der Waals surface area contributed by atoms with Gasteiger partial charge in [-0.05, 0) is 37.9 Å². The fourth-order valence-electron chi connectivity index (χ4n) is 3.16. The second kappa shape index (κ2) is 7.57. The fourth-order valence-corrected chi connectivity index (χ4v) is 3.16. The third kappa shape index (κ3) is 4.00. The van der Waals surface area contributed by atoms with Gasteiger partial charge in [-0.15, -0.1) is 0 Å². The minimum Gasteiger partial charge on any atom is -0.352 e. The first-order chi connectivity index (χ1) is 11.7. The number of pyridine rings is 1. The molecule has 1 aliphatic rings. The summed E-state index contributed by atoms with van der Waals surface area (Å²) in [5.41, 5.74) is 2.93. The summed E-state index contributed by atoms with van der Waals surface area (Å²) in [5.74, 6) is 1.51. The van der Waals surface area contributed by atoms with Crippen LogP contribution in [0.2, 0.25) is 0 Å². The van der Waals surface area contributed by atoms with E-state index in [1.54, 1.807) is 24.5 Å². The smallest absolute Gasteiger partial charge is 0.252 e. The fraction of sp³-hybridized carbons (Fsp3) is 0.500. The summed E-state index contributed by atoms with van der Waals surface area (Å²) < 4.78 is 0. The van der Waals surface area contributed by atoms with Crippen LogP contribution in [0.1, 0.15) is 40.9 Å². The van der Waals surface area contributed by atoms with E-state index in [2.05, 4.69) is 39.0 Å². The molecule has 0 spiro atoms. The minimum absolute atomic E-state index is 0.0442. The van der Waals surface area contributed by atoms with Crippen molar-refractivity contribution < 1.29 is 4.79 Å². The Bertz CT molecular complexity index is 682. The van der Waals surface area contributed by atoms with Gasteiger partial charge in [-0.1, -0.05) is 6.92 Å². The molecule has 6 heteroatoms. The number of imidazole rings is 1. The number of carbonyl (C=O) groups is 1. The van der Waals surface area contributed by atoms with Gasteiger partial charge in [-0.3, -0.25) is 14.7 Å². The zero-order valence-corrected chi connectivity index (χ0v) is 14.4. The first-order valence-electron chi connectivity index (χ1n) is 8.60. The predicted octanol–water partition coefficient (Wildman–Crippen LogP) is 1.93. The monoisotopic (exact) mass is 327 g/mol. The Morgan fingerprint density at radius 1 is 1.50 bits per heavy atom. The Morgan fingerprint density at radius 3 is 3.08 bits per heavy atom. The highest BCUT2D eigenvalue weighted by molar-refractivity contribution is 5.93. The quantitative estimate of drug-likeness (QED) is 0.850.